The summed E-state index contributed by atoms with van der Waals surface area (Å²) in [6, 6.07) is 16.7. The van der Waals surface area contributed by atoms with E-state index in [1.165, 1.54) is 5.56 Å². The van der Waals surface area contributed by atoms with Crippen LogP contribution in [0.1, 0.15) is 30.4 Å². The predicted molar refractivity (Wildman–Crippen MR) is 92.2 cm³/mol. The fraction of sp³-hybridized carbons (Fsp3) is 0.316. The molecule has 0 spiro atoms. The molecule has 23 heavy (non-hydrogen) atoms. The SMILES string of the molecule is Cc1ccc(S(=O)(=O)CC(=O)CCCCc2ccccc2)cc1. The third kappa shape index (κ3) is 5.64. The molecule has 0 unspecified atom stereocenters. The van der Waals surface area contributed by atoms with Crippen LogP contribution in [-0.4, -0.2) is 20.0 Å². The van der Waals surface area contributed by atoms with Gasteiger partial charge in [0, 0.05) is 6.42 Å². The summed E-state index contributed by atoms with van der Waals surface area (Å²) in [5.41, 5.74) is 2.24. The average molecular weight is 330 g/mol. The highest BCUT2D eigenvalue weighted by Crippen LogP contribution is 2.14. The highest BCUT2D eigenvalue weighted by Gasteiger charge is 2.18. The van der Waals surface area contributed by atoms with Gasteiger partial charge < -0.3 is 0 Å². The Morgan fingerprint density at radius 2 is 1.57 bits per heavy atom. The van der Waals surface area contributed by atoms with Gasteiger partial charge in [0.1, 0.15) is 11.5 Å². The van der Waals surface area contributed by atoms with Crippen LogP contribution < -0.4 is 0 Å². The van der Waals surface area contributed by atoms with E-state index < -0.39 is 15.6 Å². The Morgan fingerprint density at radius 3 is 2.22 bits per heavy atom. The molecule has 2 aromatic carbocycles. The first-order chi connectivity index (χ1) is 11.0. The molecular weight excluding hydrogens is 308 g/mol. The minimum atomic E-state index is -3.52. The number of ketones is 1. The first-order valence-corrected chi connectivity index (χ1v) is 9.48. The summed E-state index contributed by atoms with van der Waals surface area (Å²) in [7, 11) is -3.52. The summed E-state index contributed by atoms with van der Waals surface area (Å²) >= 11 is 0. The van der Waals surface area contributed by atoms with Gasteiger partial charge in [-0.3, -0.25) is 4.79 Å². The second-order valence-electron chi connectivity index (χ2n) is 5.80. The van der Waals surface area contributed by atoms with Gasteiger partial charge in [-0.25, -0.2) is 8.42 Å². The van der Waals surface area contributed by atoms with Gasteiger partial charge in [0.05, 0.1) is 4.90 Å². The van der Waals surface area contributed by atoms with E-state index in [-0.39, 0.29) is 10.7 Å². The quantitative estimate of drug-likeness (QED) is 0.693. The number of benzene rings is 2. The zero-order valence-corrected chi connectivity index (χ0v) is 14.2. The van der Waals surface area contributed by atoms with Gasteiger partial charge in [0.15, 0.2) is 9.84 Å². The maximum absolute atomic E-state index is 12.2. The van der Waals surface area contributed by atoms with Gasteiger partial charge in [-0.2, -0.15) is 0 Å². The number of hydrogen-bond donors (Lipinski definition) is 0. The molecule has 0 N–H and O–H groups in total. The van der Waals surface area contributed by atoms with Crippen LogP contribution in [0.25, 0.3) is 0 Å². The normalized spacial score (nSPS) is 11.3. The fourth-order valence-electron chi connectivity index (χ4n) is 2.41. The molecule has 122 valence electrons. The molecule has 0 atom stereocenters. The Labute approximate surface area is 138 Å². The molecule has 2 rings (SSSR count). The van der Waals surface area contributed by atoms with E-state index in [4.69, 9.17) is 0 Å². The minimum absolute atomic E-state index is 0.210. The van der Waals surface area contributed by atoms with Gasteiger partial charge in [-0.1, -0.05) is 48.0 Å². The molecule has 0 saturated heterocycles. The standard InChI is InChI=1S/C19H22O3S/c1-16-11-13-19(14-12-16)23(21,22)15-18(20)10-6-5-9-17-7-3-2-4-8-17/h2-4,7-8,11-14H,5-6,9-10,15H2,1H3. The van der Waals surface area contributed by atoms with Crippen LogP contribution in [0.2, 0.25) is 0 Å². The van der Waals surface area contributed by atoms with E-state index in [0.29, 0.717) is 6.42 Å². The van der Waals surface area contributed by atoms with Crippen molar-refractivity contribution in [3.8, 4) is 0 Å². The Morgan fingerprint density at radius 1 is 0.913 bits per heavy atom. The molecular formula is C19H22O3S. The van der Waals surface area contributed by atoms with Crippen LogP contribution >= 0.6 is 0 Å². The lowest BCUT2D eigenvalue weighted by Crippen LogP contribution is -2.16. The molecule has 0 saturated carbocycles. The molecule has 0 fully saturated rings. The van der Waals surface area contributed by atoms with Crippen LogP contribution in [0.5, 0.6) is 0 Å². The third-order valence-corrected chi connectivity index (χ3v) is 5.44. The van der Waals surface area contributed by atoms with Crippen molar-refractivity contribution in [1.29, 1.82) is 0 Å². The number of aryl methyl sites for hydroxylation is 2. The molecule has 2 aromatic rings. The highest BCUT2D eigenvalue weighted by molar-refractivity contribution is 7.92. The molecule has 0 amide bonds. The monoisotopic (exact) mass is 330 g/mol. The van der Waals surface area contributed by atoms with E-state index in [2.05, 4.69) is 12.1 Å². The predicted octanol–water partition coefficient (Wildman–Crippen LogP) is 3.75. The van der Waals surface area contributed by atoms with E-state index in [1.807, 2.05) is 25.1 Å². The van der Waals surface area contributed by atoms with Crippen molar-refractivity contribution in [2.75, 3.05) is 5.75 Å². The lowest BCUT2D eigenvalue weighted by molar-refractivity contribution is -0.116. The van der Waals surface area contributed by atoms with Crippen molar-refractivity contribution in [2.24, 2.45) is 0 Å². The fourth-order valence-corrected chi connectivity index (χ4v) is 3.69. The zero-order chi connectivity index (χ0) is 16.7. The second kappa shape index (κ2) is 8.06. The molecule has 0 radical (unpaired) electrons. The molecule has 4 heteroatoms. The van der Waals surface area contributed by atoms with Gasteiger partial charge in [0.25, 0.3) is 0 Å². The summed E-state index contributed by atoms with van der Waals surface area (Å²) in [6.45, 7) is 1.90. The lowest BCUT2D eigenvalue weighted by Gasteiger charge is -2.05. The van der Waals surface area contributed by atoms with Gasteiger partial charge in [-0.15, -0.1) is 0 Å². The summed E-state index contributed by atoms with van der Waals surface area (Å²) < 4.78 is 24.4. The Bertz CT molecular complexity index is 732. The smallest absolute Gasteiger partial charge is 0.185 e. The lowest BCUT2D eigenvalue weighted by atomic mass is 10.1. The minimum Gasteiger partial charge on any atom is -0.299 e. The average Bonchev–Trinajstić information content (AvgIpc) is 2.52. The topological polar surface area (TPSA) is 51.2 Å². The van der Waals surface area contributed by atoms with Crippen molar-refractivity contribution in [3.05, 3.63) is 65.7 Å². The number of carbonyl (C=O) groups is 1. The summed E-state index contributed by atoms with van der Waals surface area (Å²) in [5, 5.41) is 0. The number of hydrogen-bond acceptors (Lipinski definition) is 3. The maximum Gasteiger partial charge on any atom is 0.185 e. The van der Waals surface area contributed by atoms with Crippen LogP contribution in [0.15, 0.2) is 59.5 Å². The van der Waals surface area contributed by atoms with Gasteiger partial charge in [-0.05, 0) is 43.9 Å². The summed E-state index contributed by atoms with van der Waals surface area (Å²) in [4.78, 5) is 12.2. The van der Waals surface area contributed by atoms with E-state index >= 15 is 0 Å². The van der Waals surface area contributed by atoms with Crippen molar-refractivity contribution in [3.63, 3.8) is 0 Å². The Balaban J connectivity index is 1.79. The molecule has 3 nitrogen and oxygen atoms in total. The number of Topliss-reactive ketones (excluding diaryl/α,β-unsaturated/α-hetero) is 1. The molecule has 0 bridgehead atoms. The number of rotatable bonds is 8. The third-order valence-electron chi connectivity index (χ3n) is 3.74. The van der Waals surface area contributed by atoms with Crippen molar-refractivity contribution in [1.82, 2.24) is 0 Å². The van der Waals surface area contributed by atoms with Crippen molar-refractivity contribution >= 4 is 15.6 Å². The Hall–Kier alpha value is -1.94. The van der Waals surface area contributed by atoms with Gasteiger partial charge >= 0.3 is 0 Å². The molecule has 0 aliphatic carbocycles. The van der Waals surface area contributed by atoms with Crippen LogP contribution in [0.3, 0.4) is 0 Å². The largest absolute Gasteiger partial charge is 0.299 e. The number of carbonyl (C=O) groups excluding carboxylic acids is 1. The van der Waals surface area contributed by atoms with E-state index in [1.54, 1.807) is 24.3 Å². The first kappa shape index (κ1) is 17.4. The van der Waals surface area contributed by atoms with Crippen LogP contribution in [0, 0.1) is 6.92 Å². The van der Waals surface area contributed by atoms with Crippen molar-refractivity contribution < 1.29 is 13.2 Å². The Kier molecular flexibility index (Phi) is 6.11. The number of unbranched alkanes of at least 4 members (excludes halogenated alkanes) is 1. The number of sulfone groups is 1. The summed E-state index contributed by atoms with van der Waals surface area (Å²) in [6.07, 6.45) is 2.84. The van der Waals surface area contributed by atoms with Crippen LogP contribution in [-0.2, 0) is 21.1 Å². The first-order valence-electron chi connectivity index (χ1n) is 7.82. The second-order valence-corrected chi connectivity index (χ2v) is 7.79. The molecule has 0 aromatic heterocycles. The molecule has 0 aliphatic heterocycles. The van der Waals surface area contributed by atoms with Crippen molar-refractivity contribution in [2.45, 2.75) is 37.5 Å². The van der Waals surface area contributed by atoms with E-state index in [0.717, 1.165) is 24.8 Å². The van der Waals surface area contributed by atoms with Crippen LogP contribution in [0.4, 0.5) is 0 Å². The molecule has 0 heterocycles. The highest BCUT2D eigenvalue weighted by atomic mass is 32.2. The zero-order valence-electron chi connectivity index (χ0n) is 13.4. The summed E-state index contributed by atoms with van der Waals surface area (Å²) in [5.74, 6) is -0.611. The van der Waals surface area contributed by atoms with E-state index in [9.17, 15) is 13.2 Å². The maximum atomic E-state index is 12.2. The molecule has 0 aliphatic rings. The van der Waals surface area contributed by atoms with Gasteiger partial charge in [0.2, 0.25) is 0 Å².